The zero-order valence-electron chi connectivity index (χ0n) is 21.1. The van der Waals surface area contributed by atoms with Crippen LogP contribution in [0.1, 0.15) is 30.7 Å². The maximum atomic E-state index is 13.3. The van der Waals surface area contributed by atoms with Crippen molar-refractivity contribution >= 4 is 22.6 Å². The molecule has 1 N–H and O–H groups in total. The summed E-state index contributed by atoms with van der Waals surface area (Å²) < 4.78 is 28.6. The molecule has 0 radical (unpaired) electrons. The number of rotatable bonds is 5. The Bertz CT molecular complexity index is 1650. The van der Waals surface area contributed by atoms with Gasteiger partial charge in [0.25, 0.3) is 6.43 Å². The summed E-state index contributed by atoms with van der Waals surface area (Å²) >= 11 is 0. The van der Waals surface area contributed by atoms with Crippen LogP contribution in [0.4, 0.5) is 14.7 Å². The van der Waals surface area contributed by atoms with Crippen molar-refractivity contribution in [2.45, 2.75) is 25.3 Å². The molecule has 0 saturated carbocycles. The first kappa shape index (κ1) is 24.0. The molecule has 3 aromatic heterocycles. The average molecular weight is 513 g/mol. The molecule has 2 aromatic carbocycles. The molecular formula is C28H26F2N8. The largest absolute Gasteiger partial charge is 0.342 e. The Labute approximate surface area is 218 Å². The topological polar surface area (TPSA) is 89.1 Å². The zero-order valence-corrected chi connectivity index (χ0v) is 21.1. The molecule has 0 spiro atoms. The molecule has 4 heterocycles. The first-order chi connectivity index (χ1) is 18.4. The van der Waals surface area contributed by atoms with E-state index in [1.54, 1.807) is 24.4 Å². The van der Waals surface area contributed by atoms with Gasteiger partial charge < -0.3 is 14.8 Å². The highest BCUT2D eigenvalue weighted by Gasteiger charge is 2.26. The van der Waals surface area contributed by atoms with Gasteiger partial charge in [-0.15, -0.1) is 0 Å². The minimum Gasteiger partial charge on any atom is -0.342 e. The zero-order chi connectivity index (χ0) is 26.4. The van der Waals surface area contributed by atoms with Gasteiger partial charge in [0.1, 0.15) is 5.65 Å². The molecule has 5 aromatic rings. The van der Waals surface area contributed by atoms with Crippen molar-refractivity contribution < 1.29 is 8.78 Å². The summed E-state index contributed by atoms with van der Waals surface area (Å²) in [6.07, 6.45) is 3.04. The van der Waals surface area contributed by atoms with Crippen LogP contribution in [0.2, 0.25) is 0 Å². The molecule has 10 heteroatoms. The molecule has 38 heavy (non-hydrogen) atoms. The average Bonchev–Trinajstić information content (AvgIpc) is 3.60. The second kappa shape index (κ2) is 9.50. The van der Waals surface area contributed by atoms with Crippen molar-refractivity contribution in [2.75, 3.05) is 32.1 Å². The van der Waals surface area contributed by atoms with E-state index in [2.05, 4.69) is 39.9 Å². The SMILES string of the molecule is CN(C)C1CCN(c2nc(-c3ccc(C#N)cc3)c(-c3ccc4nc(C(F)F)[nH]c4c3)c3nccn23)CC1. The molecule has 1 fully saturated rings. The van der Waals surface area contributed by atoms with E-state index in [-0.39, 0.29) is 5.82 Å². The van der Waals surface area contributed by atoms with Crippen LogP contribution in [0.5, 0.6) is 0 Å². The van der Waals surface area contributed by atoms with Gasteiger partial charge in [0, 0.05) is 37.1 Å². The van der Waals surface area contributed by atoms with E-state index in [0.717, 1.165) is 54.2 Å². The Morgan fingerprint density at radius 2 is 1.79 bits per heavy atom. The minimum atomic E-state index is -2.68. The van der Waals surface area contributed by atoms with Crippen LogP contribution in [0.25, 0.3) is 39.1 Å². The first-order valence-electron chi connectivity index (χ1n) is 12.5. The second-order valence-electron chi connectivity index (χ2n) is 9.78. The van der Waals surface area contributed by atoms with Crippen LogP contribution in [-0.4, -0.2) is 62.5 Å². The van der Waals surface area contributed by atoms with Gasteiger partial charge in [0.2, 0.25) is 5.95 Å². The fourth-order valence-electron chi connectivity index (χ4n) is 5.24. The van der Waals surface area contributed by atoms with E-state index in [1.165, 1.54) is 0 Å². The lowest BCUT2D eigenvalue weighted by Crippen LogP contribution is -2.43. The summed E-state index contributed by atoms with van der Waals surface area (Å²) in [5.74, 6) is 0.449. The smallest absolute Gasteiger partial charge is 0.295 e. The van der Waals surface area contributed by atoms with Crippen LogP contribution >= 0.6 is 0 Å². The second-order valence-corrected chi connectivity index (χ2v) is 9.78. The highest BCUT2D eigenvalue weighted by Crippen LogP contribution is 2.38. The molecule has 0 unspecified atom stereocenters. The van der Waals surface area contributed by atoms with Crippen LogP contribution < -0.4 is 4.90 Å². The Balaban J connectivity index is 1.54. The van der Waals surface area contributed by atoms with Crippen molar-refractivity contribution in [3.8, 4) is 28.5 Å². The fraction of sp³-hybridized carbons (Fsp3) is 0.286. The van der Waals surface area contributed by atoms with Crippen molar-refractivity contribution in [1.29, 1.82) is 5.26 Å². The van der Waals surface area contributed by atoms with E-state index >= 15 is 0 Å². The predicted molar refractivity (Wildman–Crippen MR) is 142 cm³/mol. The Hall–Kier alpha value is -4.36. The van der Waals surface area contributed by atoms with Gasteiger partial charge in [-0.3, -0.25) is 4.40 Å². The van der Waals surface area contributed by atoms with Crippen molar-refractivity contribution in [3.63, 3.8) is 0 Å². The number of hydrogen-bond acceptors (Lipinski definition) is 6. The number of anilines is 1. The molecule has 0 aliphatic carbocycles. The van der Waals surface area contributed by atoms with E-state index < -0.39 is 6.43 Å². The number of piperidine rings is 1. The first-order valence-corrected chi connectivity index (χ1v) is 12.5. The Morgan fingerprint density at radius 3 is 2.47 bits per heavy atom. The van der Waals surface area contributed by atoms with Gasteiger partial charge in [0.05, 0.1) is 33.9 Å². The molecule has 0 amide bonds. The van der Waals surface area contributed by atoms with E-state index in [4.69, 9.17) is 9.97 Å². The molecule has 8 nitrogen and oxygen atoms in total. The van der Waals surface area contributed by atoms with Crippen molar-refractivity contribution in [1.82, 2.24) is 29.2 Å². The molecular weight excluding hydrogens is 486 g/mol. The lowest BCUT2D eigenvalue weighted by Gasteiger charge is -2.36. The number of fused-ring (bicyclic) bond motifs is 2. The summed E-state index contributed by atoms with van der Waals surface area (Å²) in [5, 5.41) is 9.31. The van der Waals surface area contributed by atoms with E-state index in [0.29, 0.717) is 28.3 Å². The van der Waals surface area contributed by atoms with Gasteiger partial charge in [-0.2, -0.15) is 5.26 Å². The van der Waals surface area contributed by atoms with Crippen molar-refractivity contribution in [2.24, 2.45) is 0 Å². The number of alkyl halides is 2. The number of aromatic nitrogens is 5. The number of aromatic amines is 1. The van der Waals surface area contributed by atoms with Crippen LogP contribution in [0.15, 0.2) is 54.9 Å². The standard InChI is InChI=1S/C28H26F2N8/c1-36(2)20-9-12-37(13-10-20)28-35-24(18-5-3-17(16-31)4-6-18)23(27-32-11-14-38(27)28)19-7-8-21-22(15-19)34-26(33-21)25(29)30/h3-8,11,14-15,20,25H,9-10,12-13H2,1-2H3,(H,33,34). The summed E-state index contributed by atoms with van der Waals surface area (Å²) in [5.41, 5.74) is 5.38. The number of hydrogen-bond donors (Lipinski definition) is 1. The lowest BCUT2D eigenvalue weighted by molar-refractivity contribution is 0.142. The summed E-state index contributed by atoms with van der Waals surface area (Å²) in [4.78, 5) is 21.2. The maximum Gasteiger partial charge on any atom is 0.295 e. The van der Waals surface area contributed by atoms with E-state index in [1.807, 2.05) is 34.9 Å². The Kier molecular flexibility index (Phi) is 6.00. The molecule has 0 bridgehead atoms. The van der Waals surface area contributed by atoms with Gasteiger partial charge in [-0.05, 0) is 56.8 Å². The summed E-state index contributed by atoms with van der Waals surface area (Å²) in [6, 6.07) is 15.4. The van der Waals surface area contributed by atoms with Crippen LogP contribution in [-0.2, 0) is 0 Å². The molecule has 0 atom stereocenters. The third-order valence-electron chi connectivity index (χ3n) is 7.29. The van der Waals surface area contributed by atoms with Crippen molar-refractivity contribution in [3.05, 3.63) is 66.2 Å². The molecule has 1 aliphatic rings. The van der Waals surface area contributed by atoms with Crippen LogP contribution in [0, 0.1) is 11.3 Å². The highest BCUT2D eigenvalue weighted by molar-refractivity contribution is 5.94. The number of benzene rings is 2. The lowest BCUT2D eigenvalue weighted by atomic mass is 9.98. The quantitative estimate of drug-likeness (QED) is 0.345. The fourth-order valence-corrected chi connectivity index (χ4v) is 5.24. The summed E-state index contributed by atoms with van der Waals surface area (Å²) in [7, 11) is 4.23. The minimum absolute atomic E-state index is 0.356. The molecule has 1 saturated heterocycles. The number of nitriles is 1. The molecule has 6 rings (SSSR count). The van der Waals surface area contributed by atoms with E-state index in [9.17, 15) is 14.0 Å². The maximum absolute atomic E-state index is 13.3. The number of nitrogens with zero attached hydrogens (tertiary/aromatic N) is 7. The number of nitrogens with one attached hydrogen (secondary N) is 1. The third-order valence-corrected chi connectivity index (χ3v) is 7.29. The van der Waals surface area contributed by atoms with Gasteiger partial charge in [-0.1, -0.05) is 18.2 Å². The van der Waals surface area contributed by atoms with Gasteiger partial charge in [0.15, 0.2) is 5.82 Å². The van der Waals surface area contributed by atoms with Gasteiger partial charge in [-0.25, -0.2) is 23.7 Å². The molecule has 192 valence electrons. The summed E-state index contributed by atoms with van der Waals surface area (Å²) in [6.45, 7) is 1.73. The van der Waals surface area contributed by atoms with Crippen LogP contribution in [0.3, 0.4) is 0 Å². The highest BCUT2D eigenvalue weighted by atomic mass is 19.3. The monoisotopic (exact) mass is 512 g/mol. The number of imidazole rings is 2. The molecule has 1 aliphatic heterocycles. The third kappa shape index (κ3) is 4.15. The number of halogens is 2. The predicted octanol–water partition coefficient (Wildman–Crippen LogP) is 5.28. The Morgan fingerprint density at radius 1 is 1.05 bits per heavy atom. The van der Waals surface area contributed by atoms with Gasteiger partial charge >= 0.3 is 0 Å². The normalized spacial score (nSPS) is 14.7. The number of H-pyrrole nitrogens is 1.